The van der Waals surface area contributed by atoms with Gasteiger partial charge in [-0.2, -0.15) is 4.31 Å². The number of Topliss-reactive ketones (excluding diaryl/α,β-unsaturated/α-hetero) is 1. The minimum absolute atomic E-state index is 0.149. The third kappa shape index (κ3) is 4.43. The molecule has 1 aromatic heterocycles. The molecule has 0 unspecified atom stereocenters. The number of hydrogen-bond donors (Lipinski definition) is 0. The zero-order valence-corrected chi connectivity index (χ0v) is 18.4. The maximum atomic E-state index is 13.2. The standard InChI is InChI=1S/C21H28N2O5S/c1-6-13-22(29(26,27)17-11-9-8-10-12-17)14-18(24)19-15(3)20(21(25)28-5)23(7-2)16(19)4/h8-12H,6-7,13-14H2,1-5H3. The van der Waals surface area contributed by atoms with Crippen LogP contribution in [0.3, 0.4) is 0 Å². The highest BCUT2D eigenvalue weighted by Crippen LogP contribution is 2.25. The van der Waals surface area contributed by atoms with Gasteiger partial charge in [0.2, 0.25) is 10.0 Å². The average Bonchev–Trinajstić information content (AvgIpc) is 2.97. The van der Waals surface area contributed by atoms with Crippen LogP contribution in [-0.2, 0) is 21.3 Å². The summed E-state index contributed by atoms with van der Waals surface area (Å²) in [6.07, 6.45) is 0.570. The number of esters is 1. The maximum Gasteiger partial charge on any atom is 0.354 e. The molecule has 29 heavy (non-hydrogen) atoms. The molecule has 8 heteroatoms. The molecule has 0 fully saturated rings. The predicted molar refractivity (Wildman–Crippen MR) is 111 cm³/mol. The first-order valence-corrected chi connectivity index (χ1v) is 11.0. The third-order valence-corrected chi connectivity index (χ3v) is 6.77. The molecule has 0 spiro atoms. The lowest BCUT2D eigenvalue weighted by atomic mass is 10.1. The van der Waals surface area contributed by atoms with Crippen molar-refractivity contribution in [3.05, 3.63) is 52.8 Å². The van der Waals surface area contributed by atoms with Crippen LogP contribution in [0.1, 0.15) is 52.4 Å². The molecular formula is C21H28N2O5S. The SMILES string of the molecule is CCCN(CC(=O)c1c(C)c(C(=O)OC)n(CC)c1C)S(=O)(=O)c1ccccc1. The van der Waals surface area contributed by atoms with Gasteiger partial charge in [-0.3, -0.25) is 4.79 Å². The van der Waals surface area contributed by atoms with Crippen LogP contribution in [0.25, 0.3) is 0 Å². The van der Waals surface area contributed by atoms with Gasteiger partial charge in [0.05, 0.1) is 18.6 Å². The molecule has 1 aromatic carbocycles. The first-order chi connectivity index (χ1) is 13.7. The molecule has 0 aliphatic rings. The zero-order valence-electron chi connectivity index (χ0n) is 17.6. The number of rotatable bonds is 9. The lowest BCUT2D eigenvalue weighted by Gasteiger charge is -2.21. The van der Waals surface area contributed by atoms with Crippen molar-refractivity contribution >= 4 is 21.8 Å². The van der Waals surface area contributed by atoms with Crippen LogP contribution in [0, 0.1) is 13.8 Å². The number of carbonyl (C=O) groups excluding carboxylic acids is 2. The van der Waals surface area contributed by atoms with Crippen molar-refractivity contribution in [2.45, 2.75) is 45.6 Å². The summed E-state index contributed by atoms with van der Waals surface area (Å²) < 4.78 is 33.9. The van der Waals surface area contributed by atoms with Crippen LogP contribution < -0.4 is 0 Å². The van der Waals surface area contributed by atoms with Gasteiger partial charge in [0.15, 0.2) is 5.78 Å². The number of ether oxygens (including phenoxy) is 1. The predicted octanol–water partition coefficient (Wildman–Crippen LogP) is 3.20. The van der Waals surface area contributed by atoms with Crippen molar-refractivity contribution in [2.24, 2.45) is 0 Å². The Labute approximate surface area is 172 Å². The highest BCUT2D eigenvalue weighted by Gasteiger charge is 2.30. The lowest BCUT2D eigenvalue weighted by Crippen LogP contribution is -2.36. The van der Waals surface area contributed by atoms with Gasteiger partial charge < -0.3 is 9.30 Å². The molecule has 0 bridgehead atoms. The summed E-state index contributed by atoms with van der Waals surface area (Å²) >= 11 is 0. The average molecular weight is 421 g/mol. The minimum Gasteiger partial charge on any atom is -0.464 e. The summed E-state index contributed by atoms with van der Waals surface area (Å²) in [5.74, 6) is -0.862. The van der Waals surface area contributed by atoms with Crippen LogP contribution >= 0.6 is 0 Å². The molecule has 0 aliphatic carbocycles. The van der Waals surface area contributed by atoms with Crippen LogP contribution in [0.5, 0.6) is 0 Å². The van der Waals surface area contributed by atoms with E-state index in [2.05, 4.69) is 0 Å². The van der Waals surface area contributed by atoms with Crippen molar-refractivity contribution in [3.63, 3.8) is 0 Å². The van der Waals surface area contributed by atoms with Crippen LogP contribution in [0.4, 0.5) is 0 Å². The highest BCUT2D eigenvalue weighted by molar-refractivity contribution is 7.89. The Morgan fingerprint density at radius 1 is 1.10 bits per heavy atom. The number of sulfonamides is 1. The molecule has 7 nitrogen and oxygen atoms in total. The van der Waals surface area contributed by atoms with E-state index < -0.39 is 16.0 Å². The van der Waals surface area contributed by atoms with Gasteiger partial charge in [-0.15, -0.1) is 0 Å². The van der Waals surface area contributed by atoms with E-state index in [9.17, 15) is 18.0 Å². The fraction of sp³-hybridized carbons (Fsp3) is 0.429. The smallest absolute Gasteiger partial charge is 0.354 e. The Hall–Kier alpha value is -2.45. The van der Waals surface area contributed by atoms with Crippen LogP contribution in [0.2, 0.25) is 0 Å². The minimum atomic E-state index is -3.81. The van der Waals surface area contributed by atoms with Crippen LogP contribution in [-0.4, -0.2) is 49.2 Å². The number of hydrogen-bond acceptors (Lipinski definition) is 5. The van der Waals surface area contributed by atoms with E-state index in [1.165, 1.54) is 23.5 Å². The number of carbonyl (C=O) groups is 2. The van der Waals surface area contributed by atoms with Gasteiger partial charge in [0.1, 0.15) is 5.69 Å². The van der Waals surface area contributed by atoms with Gasteiger partial charge in [-0.1, -0.05) is 25.1 Å². The van der Waals surface area contributed by atoms with E-state index in [1.807, 2.05) is 13.8 Å². The quantitative estimate of drug-likeness (QED) is 0.459. The lowest BCUT2D eigenvalue weighted by molar-refractivity contribution is 0.0587. The van der Waals surface area contributed by atoms with Gasteiger partial charge >= 0.3 is 5.97 Å². The van der Waals surface area contributed by atoms with Crippen molar-refractivity contribution in [1.29, 1.82) is 0 Å². The second-order valence-corrected chi connectivity index (χ2v) is 8.68. The molecule has 0 aliphatic heterocycles. The Bertz CT molecular complexity index is 994. The third-order valence-electron chi connectivity index (χ3n) is 4.91. The Balaban J connectivity index is 2.46. The van der Waals surface area contributed by atoms with Gasteiger partial charge in [-0.05, 0) is 44.9 Å². The molecule has 0 N–H and O–H groups in total. The van der Waals surface area contributed by atoms with Crippen molar-refractivity contribution < 1.29 is 22.7 Å². The summed E-state index contributed by atoms with van der Waals surface area (Å²) in [7, 11) is -2.52. The van der Waals surface area contributed by atoms with Gasteiger partial charge in [0, 0.05) is 24.3 Å². The van der Waals surface area contributed by atoms with E-state index in [1.54, 1.807) is 36.6 Å². The number of ketones is 1. The molecular weight excluding hydrogens is 392 g/mol. The van der Waals surface area contributed by atoms with E-state index in [4.69, 9.17) is 4.74 Å². The molecule has 1 heterocycles. The molecule has 2 rings (SSSR count). The summed E-state index contributed by atoms with van der Waals surface area (Å²) in [4.78, 5) is 25.5. The fourth-order valence-electron chi connectivity index (χ4n) is 3.58. The number of benzene rings is 1. The Morgan fingerprint density at radius 2 is 1.72 bits per heavy atom. The molecule has 2 aromatic rings. The maximum absolute atomic E-state index is 13.2. The normalized spacial score (nSPS) is 11.7. The fourth-order valence-corrected chi connectivity index (χ4v) is 5.08. The highest BCUT2D eigenvalue weighted by atomic mass is 32.2. The summed E-state index contributed by atoms with van der Waals surface area (Å²) in [6.45, 7) is 7.60. The second-order valence-electron chi connectivity index (χ2n) is 6.74. The molecule has 0 atom stereocenters. The van der Waals surface area contributed by atoms with Gasteiger partial charge in [-0.25, -0.2) is 13.2 Å². The molecule has 0 saturated carbocycles. The Kier molecular flexibility index (Phi) is 7.37. The Morgan fingerprint density at radius 3 is 2.24 bits per heavy atom. The first kappa shape index (κ1) is 22.8. The summed E-state index contributed by atoms with van der Waals surface area (Å²) in [5, 5.41) is 0. The van der Waals surface area contributed by atoms with E-state index in [-0.39, 0.29) is 23.8 Å². The number of methoxy groups -OCH3 is 1. The van der Waals surface area contributed by atoms with Crippen LogP contribution in [0.15, 0.2) is 35.2 Å². The second kappa shape index (κ2) is 9.37. The van der Waals surface area contributed by atoms with E-state index in [0.717, 1.165) is 0 Å². The van der Waals surface area contributed by atoms with Gasteiger partial charge in [0.25, 0.3) is 0 Å². The zero-order chi connectivity index (χ0) is 21.8. The number of aromatic nitrogens is 1. The van der Waals surface area contributed by atoms with Crippen molar-refractivity contribution in [3.8, 4) is 0 Å². The van der Waals surface area contributed by atoms with E-state index >= 15 is 0 Å². The van der Waals surface area contributed by atoms with Crippen molar-refractivity contribution in [2.75, 3.05) is 20.2 Å². The molecule has 0 amide bonds. The number of nitrogens with zero attached hydrogens (tertiary/aromatic N) is 2. The van der Waals surface area contributed by atoms with E-state index in [0.29, 0.717) is 35.5 Å². The summed E-state index contributed by atoms with van der Waals surface area (Å²) in [6, 6.07) is 8.07. The molecule has 0 saturated heterocycles. The van der Waals surface area contributed by atoms with Crippen molar-refractivity contribution in [1.82, 2.24) is 8.87 Å². The molecule has 158 valence electrons. The summed E-state index contributed by atoms with van der Waals surface area (Å²) in [5.41, 5.74) is 1.83. The largest absolute Gasteiger partial charge is 0.464 e. The molecule has 0 radical (unpaired) electrons. The monoisotopic (exact) mass is 420 g/mol. The topological polar surface area (TPSA) is 85.7 Å². The first-order valence-electron chi connectivity index (χ1n) is 9.56.